The van der Waals surface area contributed by atoms with E-state index in [1.165, 1.54) is 0 Å². The largest absolute Gasteiger partial charge is 0.461 e. The Bertz CT molecular complexity index is 414. The van der Waals surface area contributed by atoms with E-state index in [1.54, 1.807) is 13.0 Å². The van der Waals surface area contributed by atoms with Crippen molar-refractivity contribution in [2.75, 3.05) is 6.61 Å². The van der Waals surface area contributed by atoms with Crippen LogP contribution in [0.25, 0.3) is 0 Å². The van der Waals surface area contributed by atoms with Crippen molar-refractivity contribution in [3.05, 3.63) is 23.3 Å². The van der Waals surface area contributed by atoms with Crippen LogP contribution in [0.4, 0.5) is 0 Å². The molecule has 4 heteroatoms. The van der Waals surface area contributed by atoms with Gasteiger partial charge in [-0.2, -0.15) is 0 Å². The predicted molar refractivity (Wildman–Crippen MR) is 64.0 cm³/mol. The summed E-state index contributed by atoms with van der Waals surface area (Å²) in [6.45, 7) is 4.28. The molecule has 0 saturated heterocycles. The van der Waals surface area contributed by atoms with Crippen molar-refractivity contribution in [3.8, 4) is 0 Å². The van der Waals surface area contributed by atoms with E-state index in [0.717, 1.165) is 37.2 Å². The minimum absolute atomic E-state index is 0.339. The SMILES string of the molecule is CCCc1cc(C(=O)OCC)nc(C2CC2)n1. The highest BCUT2D eigenvalue weighted by atomic mass is 16.5. The Hall–Kier alpha value is -1.45. The average molecular weight is 234 g/mol. The highest BCUT2D eigenvalue weighted by Gasteiger charge is 2.28. The normalized spacial score (nSPS) is 14.7. The first-order chi connectivity index (χ1) is 8.24. The number of hydrogen-bond acceptors (Lipinski definition) is 4. The molecule has 1 aromatic heterocycles. The molecule has 1 fully saturated rings. The van der Waals surface area contributed by atoms with Gasteiger partial charge < -0.3 is 4.74 Å². The van der Waals surface area contributed by atoms with E-state index in [4.69, 9.17) is 4.74 Å². The van der Waals surface area contributed by atoms with E-state index in [0.29, 0.717) is 18.2 Å². The molecule has 0 aromatic carbocycles. The second-order valence-electron chi connectivity index (χ2n) is 4.35. The maximum Gasteiger partial charge on any atom is 0.357 e. The van der Waals surface area contributed by atoms with Crippen LogP contribution in [-0.4, -0.2) is 22.5 Å². The van der Waals surface area contributed by atoms with Crippen LogP contribution < -0.4 is 0 Å². The summed E-state index contributed by atoms with van der Waals surface area (Å²) in [6.07, 6.45) is 4.17. The Morgan fingerprint density at radius 1 is 1.41 bits per heavy atom. The molecule has 4 nitrogen and oxygen atoms in total. The molecule has 1 aliphatic carbocycles. The number of nitrogens with zero attached hydrogens (tertiary/aromatic N) is 2. The van der Waals surface area contributed by atoms with Crippen molar-refractivity contribution in [1.29, 1.82) is 0 Å². The zero-order valence-electron chi connectivity index (χ0n) is 10.4. The standard InChI is InChI=1S/C13H18N2O2/c1-3-5-10-8-11(13(16)17-4-2)15-12(14-10)9-6-7-9/h8-9H,3-7H2,1-2H3. The Balaban J connectivity index is 2.26. The summed E-state index contributed by atoms with van der Waals surface area (Å²) in [5, 5.41) is 0. The first kappa shape index (κ1) is 12.0. The van der Waals surface area contributed by atoms with Gasteiger partial charge in [0.1, 0.15) is 5.82 Å². The fraction of sp³-hybridized carbons (Fsp3) is 0.615. The third kappa shape index (κ3) is 3.02. The van der Waals surface area contributed by atoms with E-state index in [-0.39, 0.29) is 5.97 Å². The van der Waals surface area contributed by atoms with Gasteiger partial charge in [0.15, 0.2) is 5.69 Å². The summed E-state index contributed by atoms with van der Waals surface area (Å²) in [4.78, 5) is 20.5. The molecule has 92 valence electrons. The van der Waals surface area contributed by atoms with Crippen LogP contribution in [0.5, 0.6) is 0 Å². The quantitative estimate of drug-likeness (QED) is 0.734. The number of aryl methyl sites for hydroxylation is 1. The first-order valence-corrected chi connectivity index (χ1v) is 6.29. The molecule has 1 aliphatic rings. The molecular formula is C13H18N2O2. The summed E-state index contributed by atoms with van der Waals surface area (Å²) < 4.78 is 4.99. The maximum atomic E-state index is 11.7. The van der Waals surface area contributed by atoms with E-state index in [9.17, 15) is 4.79 Å². The van der Waals surface area contributed by atoms with Gasteiger partial charge in [0.2, 0.25) is 0 Å². The van der Waals surface area contributed by atoms with E-state index in [1.807, 2.05) is 0 Å². The first-order valence-electron chi connectivity index (χ1n) is 6.29. The molecule has 0 unspecified atom stereocenters. The van der Waals surface area contributed by atoms with Crippen LogP contribution in [0.3, 0.4) is 0 Å². The molecule has 0 amide bonds. The molecule has 2 rings (SSSR count). The summed E-state index contributed by atoms with van der Waals surface area (Å²) in [5.74, 6) is 0.938. The lowest BCUT2D eigenvalue weighted by atomic mass is 10.2. The number of esters is 1. The predicted octanol–water partition coefficient (Wildman–Crippen LogP) is 2.48. The van der Waals surface area contributed by atoms with Gasteiger partial charge in [0, 0.05) is 11.6 Å². The van der Waals surface area contributed by atoms with Gasteiger partial charge in [-0.05, 0) is 32.3 Å². The Kier molecular flexibility index (Phi) is 3.71. The second kappa shape index (κ2) is 5.25. The average Bonchev–Trinajstić information content (AvgIpc) is 3.13. The number of carbonyl (C=O) groups is 1. The maximum absolute atomic E-state index is 11.7. The Labute approximate surface area is 101 Å². The van der Waals surface area contributed by atoms with Crippen LogP contribution in [-0.2, 0) is 11.2 Å². The highest BCUT2D eigenvalue weighted by Crippen LogP contribution is 2.38. The van der Waals surface area contributed by atoms with Crippen molar-refractivity contribution in [2.24, 2.45) is 0 Å². The van der Waals surface area contributed by atoms with Gasteiger partial charge in [0.25, 0.3) is 0 Å². The summed E-state index contributed by atoms with van der Waals surface area (Å²) in [5.41, 5.74) is 1.36. The van der Waals surface area contributed by atoms with Crippen LogP contribution >= 0.6 is 0 Å². The Morgan fingerprint density at radius 3 is 2.76 bits per heavy atom. The minimum Gasteiger partial charge on any atom is -0.461 e. The molecule has 1 aromatic rings. The van der Waals surface area contributed by atoms with Crippen molar-refractivity contribution >= 4 is 5.97 Å². The molecular weight excluding hydrogens is 216 g/mol. The van der Waals surface area contributed by atoms with Crippen molar-refractivity contribution < 1.29 is 9.53 Å². The van der Waals surface area contributed by atoms with Gasteiger partial charge in [-0.1, -0.05) is 13.3 Å². The number of carbonyl (C=O) groups excluding carboxylic acids is 1. The third-order valence-corrected chi connectivity index (χ3v) is 2.73. The molecule has 0 radical (unpaired) electrons. The Morgan fingerprint density at radius 2 is 2.18 bits per heavy atom. The molecule has 0 bridgehead atoms. The molecule has 1 heterocycles. The van der Waals surface area contributed by atoms with Crippen LogP contribution in [0, 0.1) is 0 Å². The van der Waals surface area contributed by atoms with Crippen molar-refractivity contribution in [1.82, 2.24) is 9.97 Å². The van der Waals surface area contributed by atoms with Gasteiger partial charge in [0.05, 0.1) is 6.61 Å². The summed E-state index contributed by atoms with van der Waals surface area (Å²) in [7, 11) is 0. The number of rotatable bonds is 5. The minimum atomic E-state index is -0.339. The monoisotopic (exact) mass is 234 g/mol. The molecule has 0 spiro atoms. The van der Waals surface area contributed by atoms with E-state index < -0.39 is 0 Å². The zero-order valence-corrected chi connectivity index (χ0v) is 10.4. The topological polar surface area (TPSA) is 52.1 Å². The zero-order chi connectivity index (χ0) is 12.3. The number of ether oxygens (including phenoxy) is 1. The molecule has 0 atom stereocenters. The highest BCUT2D eigenvalue weighted by molar-refractivity contribution is 5.87. The molecule has 1 saturated carbocycles. The lowest BCUT2D eigenvalue weighted by Gasteiger charge is -2.06. The van der Waals surface area contributed by atoms with Crippen LogP contribution in [0.15, 0.2) is 6.07 Å². The van der Waals surface area contributed by atoms with Crippen molar-refractivity contribution in [3.63, 3.8) is 0 Å². The van der Waals surface area contributed by atoms with Gasteiger partial charge in [-0.25, -0.2) is 14.8 Å². The second-order valence-corrected chi connectivity index (χ2v) is 4.35. The fourth-order valence-electron chi connectivity index (χ4n) is 1.74. The van der Waals surface area contributed by atoms with Gasteiger partial charge >= 0.3 is 5.97 Å². The van der Waals surface area contributed by atoms with E-state index in [2.05, 4.69) is 16.9 Å². The lowest BCUT2D eigenvalue weighted by molar-refractivity contribution is 0.0518. The molecule has 0 N–H and O–H groups in total. The van der Waals surface area contributed by atoms with Gasteiger partial charge in [-0.3, -0.25) is 0 Å². The summed E-state index contributed by atoms with van der Waals surface area (Å²) in [6, 6.07) is 1.76. The molecule has 17 heavy (non-hydrogen) atoms. The lowest BCUT2D eigenvalue weighted by Crippen LogP contribution is -2.11. The van der Waals surface area contributed by atoms with E-state index >= 15 is 0 Å². The van der Waals surface area contributed by atoms with Crippen LogP contribution in [0.1, 0.15) is 61.0 Å². The fourth-order valence-corrected chi connectivity index (χ4v) is 1.74. The van der Waals surface area contributed by atoms with Gasteiger partial charge in [-0.15, -0.1) is 0 Å². The number of hydrogen-bond donors (Lipinski definition) is 0. The van der Waals surface area contributed by atoms with Crippen LogP contribution in [0.2, 0.25) is 0 Å². The summed E-state index contributed by atoms with van der Waals surface area (Å²) >= 11 is 0. The number of aromatic nitrogens is 2. The van der Waals surface area contributed by atoms with Crippen molar-refractivity contribution in [2.45, 2.75) is 45.4 Å². The third-order valence-electron chi connectivity index (χ3n) is 2.73. The molecule has 0 aliphatic heterocycles. The smallest absolute Gasteiger partial charge is 0.357 e.